The summed E-state index contributed by atoms with van der Waals surface area (Å²) in [4.78, 5) is 2.28. The molecule has 0 saturated carbocycles. The molecule has 0 saturated heterocycles. The first kappa shape index (κ1) is 22.3. The van der Waals surface area contributed by atoms with E-state index < -0.39 is 0 Å². The minimum absolute atomic E-state index is 0.0808. The van der Waals surface area contributed by atoms with Crippen molar-refractivity contribution in [2.75, 3.05) is 18.6 Å². The summed E-state index contributed by atoms with van der Waals surface area (Å²) in [7, 11) is 1.61. The first-order chi connectivity index (χ1) is 17.1. The van der Waals surface area contributed by atoms with Gasteiger partial charge >= 0.3 is 0 Å². The molecule has 5 heteroatoms. The van der Waals surface area contributed by atoms with Crippen molar-refractivity contribution in [1.82, 2.24) is 0 Å². The lowest BCUT2D eigenvalue weighted by molar-refractivity contribution is -0.539. The topological polar surface area (TPSA) is 56.8 Å². The molecule has 2 heterocycles. The van der Waals surface area contributed by atoms with Crippen molar-refractivity contribution >= 4 is 40.7 Å². The van der Waals surface area contributed by atoms with Crippen molar-refractivity contribution in [2.45, 2.75) is 6.92 Å². The number of aliphatic hydroxyl groups is 1. The predicted octanol–water partition coefficient (Wildman–Crippen LogP) is 6.25. The van der Waals surface area contributed by atoms with Crippen LogP contribution in [0.25, 0.3) is 35.0 Å². The maximum absolute atomic E-state index is 10.8. The molecule has 1 aliphatic rings. The van der Waals surface area contributed by atoms with Crippen molar-refractivity contribution in [3.05, 3.63) is 107 Å². The van der Waals surface area contributed by atoms with Gasteiger partial charge in [-0.3, -0.25) is 0 Å². The highest BCUT2D eigenvalue weighted by molar-refractivity contribution is 5.92. The minimum atomic E-state index is 0.0808. The molecule has 0 radical (unpaired) electrons. The number of anilines is 1. The van der Waals surface area contributed by atoms with Gasteiger partial charge in [-0.1, -0.05) is 30.3 Å². The van der Waals surface area contributed by atoms with E-state index in [1.807, 2.05) is 30.5 Å². The van der Waals surface area contributed by atoms with Gasteiger partial charge in [-0.15, -0.1) is 0 Å². The Hall–Kier alpha value is -4.51. The Kier molecular flexibility index (Phi) is 5.98. The maximum atomic E-state index is 10.8. The molecule has 0 aliphatic carbocycles. The average Bonchev–Trinajstić information content (AvgIpc) is 2.90. The Morgan fingerprint density at radius 1 is 0.971 bits per heavy atom. The Morgan fingerprint density at radius 2 is 1.77 bits per heavy atom. The van der Waals surface area contributed by atoms with Gasteiger partial charge in [0, 0.05) is 29.6 Å². The second-order valence-corrected chi connectivity index (χ2v) is 8.30. The van der Waals surface area contributed by atoms with Crippen molar-refractivity contribution in [2.24, 2.45) is 0 Å². The molecule has 0 amide bonds. The van der Waals surface area contributed by atoms with Gasteiger partial charge in [0.25, 0.3) is 5.52 Å². The highest BCUT2D eigenvalue weighted by Gasteiger charge is 2.19. The number of aromatic hydroxyl groups is 1. The third-order valence-corrected chi connectivity index (χ3v) is 6.24. The number of rotatable bonds is 5. The van der Waals surface area contributed by atoms with E-state index in [2.05, 4.69) is 48.3 Å². The van der Waals surface area contributed by atoms with Crippen LogP contribution in [0.4, 0.5) is 5.69 Å². The summed E-state index contributed by atoms with van der Waals surface area (Å²) in [6.07, 6.45) is 9.85. The summed E-state index contributed by atoms with van der Waals surface area (Å²) in [5.74, 6) is 0.936. The number of fused-ring (bicyclic) bond motifs is 2. The number of para-hydroxylation sites is 2. The van der Waals surface area contributed by atoms with Crippen LogP contribution in [0.5, 0.6) is 11.5 Å². The highest BCUT2D eigenvalue weighted by Crippen LogP contribution is 2.33. The molecule has 0 spiro atoms. The van der Waals surface area contributed by atoms with E-state index >= 15 is 0 Å². The van der Waals surface area contributed by atoms with Crippen LogP contribution in [0.2, 0.25) is 0 Å². The second kappa shape index (κ2) is 9.39. The number of nitrogens with zero attached hydrogens (tertiary/aromatic N) is 2. The molecule has 1 aliphatic heterocycles. The van der Waals surface area contributed by atoms with Crippen LogP contribution in [0.15, 0.2) is 90.8 Å². The molecule has 5 rings (SSSR count). The lowest BCUT2D eigenvalue weighted by Gasteiger charge is -2.29. The average molecular weight is 464 g/mol. The largest absolute Gasteiger partial charge is 0.502 e. The molecule has 0 fully saturated rings. The maximum Gasteiger partial charge on any atom is 0.260 e. The molecule has 0 unspecified atom stereocenters. The zero-order valence-corrected chi connectivity index (χ0v) is 19.7. The van der Waals surface area contributed by atoms with E-state index in [1.165, 1.54) is 11.3 Å². The molecular weight excluding hydrogens is 436 g/mol. The van der Waals surface area contributed by atoms with Crippen LogP contribution in [0.1, 0.15) is 23.6 Å². The van der Waals surface area contributed by atoms with E-state index in [1.54, 1.807) is 48.2 Å². The van der Waals surface area contributed by atoms with Crippen molar-refractivity contribution in [3.8, 4) is 11.5 Å². The number of likely N-dealkylation sites (N-methyl/N-ethyl adjacent to an activating group) is 1. The first-order valence-electron chi connectivity index (χ1n) is 11.6. The number of aromatic nitrogens is 1. The van der Waals surface area contributed by atoms with Gasteiger partial charge in [0.05, 0.1) is 12.5 Å². The molecule has 174 valence electrons. The van der Waals surface area contributed by atoms with Crippen molar-refractivity contribution < 1.29 is 19.5 Å². The molecule has 2 N–H and O–H groups in total. The van der Waals surface area contributed by atoms with Gasteiger partial charge in [-0.25, -0.2) is 0 Å². The number of hydrogen-bond donors (Lipinski definition) is 2. The lowest BCUT2D eigenvalue weighted by atomic mass is 10.0. The monoisotopic (exact) mass is 463 g/mol. The molecule has 3 aromatic carbocycles. The van der Waals surface area contributed by atoms with Gasteiger partial charge in [-0.2, -0.15) is 4.57 Å². The number of phenolic OH excluding ortho intramolecular Hbond substituents is 1. The van der Waals surface area contributed by atoms with Gasteiger partial charge in [0.1, 0.15) is 5.75 Å². The number of ether oxygens (including phenoxy) is 1. The summed E-state index contributed by atoms with van der Waals surface area (Å²) in [5.41, 5.74) is 5.68. The van der Waals surface area contributed by atoms with Crippen molar-refractivity contribution in [1.29, 1.82) is 0 Å². The fourth-order valence-corrected chi connectivity index (χ4v) is 4.48. The quantitative estimate of drug-likeness (QED) is 0.271. The third kappa shape index (κ3) is 4.24. The van der Waals surface area contributed by atoms with Crippen LogP contribution in [-0.2, 0) is 0 Å². The number of hydrogen-bond acceptors (Lipinski definition) is 4. The fourth-order valence-electron chi connectivity index (χ4n) is 4.48. The summed E-state index contributed by atoms with van der Waals surface area (Å²) < 4.78 is 6.94. The van der Waals surface area contributed by atoms with Crippen LogP contribution < -0.4 is 14.2 Å². The van der Waals surface area contributed by atoms with E-state index in [-0.39, 0.29) is 11.5 Å². The first-order valence-corrected chi connectivity index (χ1v) is 11.6. The standard InChI is InChI=1S/C30H26N2O3/c1-3-32-24(14-11-21-7-4-5-9-27(21)32)19-23-17-18-31(30-26(23)8-6-10-28(30)33)20-29(34)22-12-15-25(35-2)16-13-22/h4-20H,3H2,1-2H3,(H-,33,34)/p+1/b29-20-. The van der Waals surface area contributed by atoms with Crippen LogP contribution in [0.3, 0.4) is 0 Å². The van der Waals surface area contributed by atoms with Gasteiger partial charge in [0.2, 0.25) is 6.20 Å². The third-order valence-electron chi connectivity index (χ3n) is 6.24. The minimum Gasteiger partial charge on any atom is -0.502 e. The zero-order valence-electron chi connectivity index (χ0n) is 19.7. The highest BCUT2D eigenvalue weighted by atomic mass is 16.5. The number of phenols is 1. The van der Waals surface area contributed by atoms with E-state index in [0.717, 1.165) is 28.9 Å². The van der Waals surface area contributed by atoms with Gasteiger partial charge in [-0.05, 0) is 72.7 Å². The smallest absolute Gasteiger partial charge is 0.260 e. The van der Waals surface area contributed by atoms with Crippen molar-refractivity contribution in [3.63, 3.8) is 0 Å². The predicted molar refractivity (Wildman–Crippen MR) is 142 cm³/mol. The zero-order chi connectivity index (χ0) is 24.4. The number of pyridine rings is 1. The van der Waals surface area contributed by atoms with Crippen LogP contribution in [0, 0.1) is 0 Å². The Balaban J connectivity index is 1.60. The summed E-state index contributed by atoms with van der Waals surface area (Å²) >= 11 is 0. The molecule has 0 bridgehead atoms. The van der Waals surface area contributed by atoms with Gasteiger partial charge in [0.15, 0.2) is 17.7 Å². The van der Waals surface area contributed by atoms with E-state index in [4.69, 9.17) is 4.74 Å². The molecule has 35 heavy (non-hydrogen) atoms. The van der Waals surface area contributed by atoms with E-state index in [9.17, 15) is 10.2 Å². The fraction of sp³-hybridized carbons (Fsp3) is 0.100. The Bertz CT molecular complexity index is 1480. The van der Waals surface area contributed by atoms with E-state index in [0.29, 0.717) is 11.1 Å². The summed E-state index contributed by atoms with van der Waals surface area (Å²) in [6.45, 7) is 2.97. The normalized spacial score (nSPS) is 14.4. The SMILES string of the molecule is CCN1C(=Cc2cc[n+](/C=C(\O)c3ccc(OC)cc3)c3c(O)cccc23)C=Cc2ccccc21. The van der Waals surface area contributed by atoms with Gasteiger partial charge < -0.3 is 19.8 Å². The summed E-state index contributed by atoms with van der Waals surface area (Å²) in [6, 6.07) is 23.0. The Morgan fingerprint density at radius 3 is 2.54 bits per heavy atom. The molecule has 0 atom stereocenters. The second-order valence-electron chi connectivity index (χ2n) is 8.30. The molecular formula is C30H27N2O3+. The molecule has 4 aromatic rings. The van der Waals surface area contributed by atoms with Crippen LogP contribution in [-0.4, -0.2) is 23.9 Å². The Labute approximate surface area is 204 Å². The summed E-state index contributed by atoms with van der Waals surface area (Å²) in [5, 5.41) is 22.4. The lowest BCUT2D eigenvalue weighted by Crippen LogP contribution is -2.27. The number of aliphatic hydroxyl groups excluding tert-OH is 1. The number of benzene rings is 3. The molecule has 1 aromatic heterocycles. The molecule has 5 nitrogen and oxygen atoms in total. The van der Waals surface area contributed by atoms with Crippen LogP contribution >= 0.6 is 0 Å². The number of methoxy groups -OCH3 is 1. The number of allylic oxidation sites excluding steroid dienone is 1.